The number of hydrogen-bond acceptors (Lipinski definition) is 4. The van der Waals surface area contributed by atoms with E-state index in [0.717, 1.165) is 37.2 Å². The second-order valence-electron chi connectivity index (χ2n) is 7.54. The van der Waals surface area contributed by atoms with Crippen molar-refractivity contribution in [1.29, 1.82) is 0 Å². The second kappa shape index (κ2) is 10.1. The third-order valence-electron chi connectivity index (χ3n) is 5.61. The van der Waals surface area contributed by atoms with Gasteiger partial charge in [-0.05, 0) is 25.2 Å². The Kier molecular flexibility index (Phi) is 7.51. The van der Waals surface area contributed by atoms with Crippen molar-refractivity contribution in [3.8, 4) is 0 Å². The van der Waals surface area contributed by atoms with Gasteiger partial charge in [-0.25, -0.2) is 0 Å². The Morgan fingerprint density at radius 1 is 1.04 bits per heavy atom. The van der Waals surface area contributed by atoms with Crippen LogP contribution >= 0.6 is 0 Å². The first kappa shape index (κ1) is 19.4. The van der Waals surface area contributed by atoms with Gasteiger partial charge in [0.1, 0.15) is 0 Å². The first-order valence-electron chi connectivity index (χ1n) is 10.3. The molecule has 1 heterocycles. The van der Waals surface area contributed by atoms with Crippen molar-refractivity contribution in [1.82, 2.24) is 0 Å². The minimum absolute atomic E-state index is 0.0401. The third-order valence-corrected chi connectivity index (χ3v) is 5.61. The number of carbonyl (C=O) groups is 1. The van der Waals surface area contributed by atoms with E-state index in [1.807, 2.05) is 18.2 Å². The van der Waals surface area contributed by atoms with Crippen LogP contribution in [0.3, 0.4) is 0 Å². The van der Waals surface area contributed by atoms with Crippen molar-refractivity contribution in [2.24, 2.45) is 5.92 Å². The van der Waals surface area contributed by atoms with Crippen LogP contribution in [0.15, 0.2) is 30.3 Å². The second-order valence-corrected chi connectivity index (χ2v) is 7.54. The number of carbonyl (C=O) groups excluding carboxylic acids is 1. The van der Waals surface area contributed by atoms with E-state index in [9.17, 15) is 4.79 Å². The number of rotatable bonds is 9. The maximum absolute atomic E-state index is 11.9. The van der Waals surface area contributed by atoms with Crippen LogP contribution in [0.2, 0.25) is 0 Å². The van der Waals surface area contributed by atoms with Crippen LogP contribution in [-0.4, -0.2) is 25.8 Å². The fourth-order valence-corrected chi connectivity index (χ4v) is 4.12. The number of ether oxygens (including phenoxy) is 3. The maximum atomic E-state index is 11.9. The van der Waals surface area contributed by atoms with E-state index in [0.29, 0.717) is 26.2 Å². The molecule has 1 saturated heterocycles. The number of unbranched alkanes of at least 4 members (excludes halogenated alkanes) is 1. The molecule has 2 aliphatic rings. The fourth-order valence-electron chi connectivity index (χ4n) is 4.12. The van der Waals surface area contributed by atoms with Gasteiger partial charge in [-0.2, -0.15) is 0 Å². The Hall–Kier alpha value is -1.39. The SMILES string of the molecule is O=C(CCC1CCCCC1)OCCCCC1(c2ccccc2)OCCO1. The van der Waals surface area contributed by atoms with Crippen molar-refractivity contribution in [2.45, 2.75) is 70.0 Å². The molecule has 0 amide bonds. The summed E-state index contributed by atoms with van der Waals surface area (Å²) in [5.41, 5.74) is 1.07. The molecule has 4 heteroatoms. The molecule has 0 spiro atoms. The van der Waals surface area contributed by atoms with E-state index in [-0.39, 0.29) is 5.97 Å². The predicted octanol–water partition coefficient (Wildman–Crippen LogP) is 4.96. The lowest BCUT2D eigenvalue weighted by molar-refractivity contribution is -0.172. The summed E-state index contributed by atoms with van der Waals surface area (Å²) in [7, 11) is 0. The molecule has 0 aromatic heterocycles. The minimum atomic E-state index is -0.619. The monoisotopic (exact) mass is 360 g/mol. The van der Waals surface area contributed by atoms with E-state index >= 15 is 0 Å². The molecule has 1 aromatic rings. The van der Waals surface area contributed by atoms with Gasteiger partial charge < -0.3 is 14.2 Å². The molecule has 144 valence electrons. The highest BCUT2D eigenvalue weighted by Crippen LogP contribution is 2.36. The molecule has 2 fully saturated rings. The van der Waals surface area contributed by atoms with E-state index in [1.54, 1.807) is 0 Å². The lowest BCUT2D eigenvalue weighted by atomic mass is 9.86. The van der Waals surface area contributed by atoms with Gasteiger partial charge in [-0.3, -0.25) is 4.79 Å². The molecule has 0 bridgehead atoms. The molecule has 4 nitrogen and oxygen atoms in total. The highest BCUT2D eigenvalue weighted by Gasteiger charge is 2.37. The number of esters is 1. The minimum Gasteiger partial charge on any atom is -0.466 e. The zero-order valence-corrected chi connectivity index (χ0v) is 15.8. The molecule has 1 aliphatic carbocycles. The summed E-state index contributed by atoms with van der Waals surface area (Å²) in [6.45, 7) is 1.75. The highest BCUT2D eigenvalue weighted by molar-refractivity contribution is 5.69. The molecule has 1 saturated carbocycles. The van der Waals surface area contributed by atoms with E-state index in [4.69, 9.17) is 14.2 Å². The summed E-state index contributed by atoms with van der Waals surface area (Å²) in [5.74, 6) is 0.0760. The molecule has 0 unspecified atom stereocenters. The summed E-state index contributed by atoms with van der Waals surface area (Å²) in [5, 5.41) is 0. The van der Waals surface area contributed by atoms with Gasteiger partial charge in [0.15, 0.2) is 5.79 Å². The van der Waals surface area contributed by atoms with Crippen LogP contribution in [0.25, 0.3) is 0 Å². The normalized spacial score (nSPS) is 20.2. The Balaban J connectivity index is 1.32. The van der Waals surface area contributed by atoms with E-state index in [2.05, 4.69) is 12.1 Å². The van der Waals surface area contributed by atoms with Gasteiger partial charge in [0, 0.05) is 18.4 Å². The van der Waals surface area contributed by atoms with Crippen LogP contribution in [0.1, 0.15) is 69.8 Å². The Labute approximate surface area is 157 Å². The van der Waals surface area contributed by atoms with Gasteiger partial charge >= 0.3 is 5.97 Å². The molecule has 0 radical (unpaired) electrons. The smallest absolute Gasteiger partial charge is 0.305 e. The summed E-state index contributed by atoms with van der Waals surface area (Å²) >= 11 is 0. The van der Waals surface area contributed by atoms with Crippen LogP contribution in [-0.2, 0) is 24.8 Å². The molecule has 0 N–H and O–H groups in total. The Morgan fingerprint density at radius 3 is 2.50 bits per heavy atom. The molecular weight excluding hydrogens is 328 g/mol. The predicted molar refractivity (Wildman–Crippen MR) is 101 cm³/mol. The largest absolute Gasteiger partial charge is 0.466 e. The maximum Gasteiger partial charge on any atom is 0.305 e. The van der Waals surface area contributed by atoms with Gasteiger partial charge in [0.2, 0.25) is 0 Å². The number of hydrogen-bond donors (Lipinski definition) is 0. The first-order valence-corrected chi connectivity index (χ1v) is 10.3. The van der Waals surface area contributed by atoms with Crippen LogP contribution in [0.4, 0.5) is 0 Å². The lowest BCUT2D eigenvalue weighted by Crippen LogP contribution is -2.27. The third kappa shape index (κ3) is 5.55. The zero-order chi connectivity index (χ0) is 18.1. The standard InChI is InChI=1S/C22H32O4/c23-21(14-13-19-9-3-1-4-10-19)24-16-8-7-15-22(25-17-18-26-22)20-11-5-2-6-12-20/h2,5-6,11-12,19H,1,3-4,7-10,13-18H2. The summed E-state index contributed by atoms with van der Waals surface area (Å²) in [6, 6.07) is 10.1. The molecule has 26 heavy (non-hydrogen) atoms. The molecule has 1 aliphatic heterocycles. The van der Waals surface area contributed by atoms with E-state index in [1.165, 1.54) is 32.1 Å². The average molecular weight is 360 g/mol. The van der Waals surface area contributed by atoms with Gasteiger partial charge in [-0.1, -0.05) is 62.4 Å². The van der Waals surface area contributed by atoms with Gasteiger partial charge in [-0.15, -0.1) is 0 Å². The first-order chi connectivity index (χ1) is 12.8. The molecule has 3 rings (SSSR count). The topological polar surface area (TPSA) is 44.8 Å². The van der Waals surface area contributed by atoms with Crippen LogP contribution in [0.5, 0.6) is 0 Å². The molecule has 0 atom stereocenters. The quantitative estimate of drug-likeness (QED) is 0.461. The molecular formula is C22H32O4. The highest BCUT2D eigenvalue weighted by atomic mass is 16.7. The Bertz CT molecular complexity index is 530. The van der Waals surface area contributed by atoms with Gasteiger partial charge in [0.25, 0.3) is 0 Å². The van der Waals surface area contributed by atoms with Crippen molar-refractivity contribution in [3.63, 3.8) is 0 Å². The number of benzene rings is 1. The van der Waals surface area contributed by atoms with Crippen molar-refractivity contribution in [3.05, 3.63) is 35.9 Å². The zero-order valence-electron chi connectivity index (χ0n) is 15.8. The van der Waals surface area contributed by atoms with Crippen molar-refractivity contribution < 1.29 is 19.0 Å². The van der Waals surface area contributed by atoms with E-state index < -0.39 is 5.79 Å². The fraction of sp³-hybridized carbons (Fsp3) is 0.682. The van der Waals surface area contributed by atoms with Crippen LogP contribution < -0.4 is 0 Å². The lowest BCUT2D eigenvalue weighted by Gasteiger charge is -2.27. The summed E-state index contributed by atoms with van der Waals surface area (Å²) in [6.07, 6.45) is 10.7. The Morgan fingerprint density at radius 2 is 1.77 bits per heavy atom. The van der Waals surface area contributed by atoms with Crippen molar-refractivity contribution >= 4 is 5.97 Å². The summed E-state index contributed by atoms with van der Waals surface area (Å²) < 4.78 is 17.3. The van der Waals surface area contributed by atoms with Crippen LogP contribution in [0, 0.1) is 5.92 Å². The molecule has 1 aromatic carbocycles. The average Bonchev–Trinajstić information content (AvgIpc) is 3.18. The summed E-state index contributed by atoms with van der Waals surface area (Å²) in [4.78, 5) is 11.9. The van der Waals surface area contributed by atoms with Gasteiger partial charge in [0.05, 0.1) is 19.8 Å². The van der Waals surface area contributed by atoms with Crippen molar-refractivity contribution in [2.75, 3.05) is 19.8 Å².